The number of nitrogens with one attached hydrogen (secondary N) is 2. The van der Waals surface area contributed by atoms with Gasteiger partial charge in [-0.1, -0.05) is 25.1 Å². The molecule has 2 N–H and O–H groups in total. The van der Waals surface area contributed by atoms with E-state index in [9.17, 15) is 4.79 Å². The lowest BCUT2D eigenvalue weighted by molar-refractivity contribution is 0.0964. The van der Waals surface area contributed by atoms with E-state index in [0.717, 1.165) is 39.2 Å². The molecule has 0 bridgehead atoms. The zero-order valence-corrected chi connectivity index (χ0v) is 19.3. The van der Waals surface area contributed by atoms with E-state index in [2.05, 4.69) is 43.6 Å². The van der Waals surface area contributed by atoms with Gasteiger partial charge < -0.3 is 10.6 Å². The maximum atomic E-state index is 12.2. The lowest BCUT2D eigenvalue weighted by Gasteiger charge is -2.16. The zero-order valence-electron chi connectivity index (χ0n) is 18.3. The molecule has 0 aliphatic heterocycles. The van der Waals surface area contributed by atoms with Crippen LogP contribution < -0.4 is 10.6 Å². The number of pyridine rings is 2. The van der Waals surface area contributed by atoms with E-state index in [4.69, 9.17) is 0 Å². The van der Waals surface area contributed by atoms with Crippen molar-refractivity contribution in [3.8, 4) is 11.3 Å². The van der Waals surface area contributed by atoms with E-state index in [1.54, 1.807) is 31.8 Å². The van der Waals surface area contributed by atoms with Crippen LogP contribution in [0.2, 0.25) is 0 Å². The number of nitrogens with zero attached hydrogens (tertiary/aromatic N) is 4. The number of amides is 1. The van der Waals surface area contributed by atoms with E-state index in [1.165, 1.54) is 0 Å². The minimum absolute atomic E-state index is 0. The van der Waals surface area contributed by atoms with Crippen molar-refractivity contribution in [2.45, 2.75) is 19.8 Å². The van der Waals surface area contributed by atoms with Crippen molar-refractivity contribution in [3.63, 3.8) is 0 Å². The van der Waals surface area contributed by atoms with Crippen LogP contribution in [0.5, 0.6) is 0 Å². The van der Waals surface area contributed by atoms with Crippen LogP contribution in [0.1, 0.15) is 34.5 Å². The molecule has 1 aromatic carbocycles. The first-order chi connectivity index (χ1) is 15.1. The zero-order chi connectivity index (χ0) is 21.8. The first-order valence-corrected chi connectivity index (χ1v) is 10.2. The van der Waals surface area contributed by atoms with E-state index in [1.807, 2.05) is 37.3 Å². The summed E-state index contributed by atoms with van der Waals surface area (Å²) in [5, 5.41) is 6.95. The molecule has 0 aliphatic carbocycles. The number of benzene rings is 1. The van der Waals surface area contributed by atoms with Crippen LogP contribution in [0, 0.1) is 6.92 Å². The average Bonchev–Trinajstić information content (AvgIpc) is 2.81. The Bertz CT molecular complexity index is 1250. The van der Waals surface area contributed by atoms with Crippen molar-refractivity contribution < 1.29 is 4.79 Å². The first kappa shape index (κ1) is 23.1. The summed E-state index contributed by atoms with van der Waals surface area (Å²) in [5.41, 5.74) is 5.34. The molecule has 3 heterocycles. The number of fused-ring (bicyclic) bond motifs is 1. The molecule has 7 nitrogen and oxygen atoms in total. The van der Waals surface area contributed by atoms with Gasteiger partial charge in [-0.05, 0) is 30.7 Å². The van der Waals surface area contributed by atoms with Crippen LogP contribution in [0.25, 0.3) is 22.2 Å². The second-order valence-electron chi connectivity index (χ2n) is 7.44. The van der Waals surface area contributed by atoms with E-state index >= 15 is 0 Å². The van der Waals surface area contributed by atoms with Gasteiger partial charge >= 0.3 is 0 Å². The first-order valence-electron chi connectivity index (χ1n) is 10.2. The predicted octanol–water partition coefficient (Wildman–Crippen LogP) is 4.08. The quantitative estimate of drug-likeness (QED) is 0.464. The second-order valence-corrected chi connectivity index (χ2v) is 7.44. The Kier molecular flexibility index (Phi) is 7.37. The number of para-hydroxylation sites is 1. The molecule has 4 rings (SSSR count). The third-order valence-electron chi connectivity index (χ3n) is 5.25. The van der Waals surface area contributed by atoms with Gasteiger partial charge in [0.2, 0.25) is 0 Å². The van der Waals surface area contributed by atoms with Crippen molar-refractivity contribution in [1.29, 1.82) is 0 Å². The molecule has 8 heteroatoms. The number of hydrogen-bond donors (Lipinski definition) is 2. The van der Waals surface area contributed by atoms with Crippen molar-refractivity contribution in [3.05, 3.63) is 78.0 Å². The minimum Gasteiger partial charge on any atom is -0.369 e. The molecular weight excluding hydrogens is 420 g/mol. The largest absolute Gasteiger partial charge is 0.369 e. The van der Waals surface area contributed by atoms with Gasteiger partial charge in [-0.3, -0.25) is 14.8 Å². The molecular formula is C24H26N6OS. The number of aryl methyl sites for hydroxylation is 1. The number of rotatable bonds is 6. The summed E-state index contributed by atoms with van der Waals surface area (Å²) in [6.07, 6.45) is 5.03. The molecule has 0 spiro atoms. The minimum atomic E-state index is -0.116. The van der Waals surface area contributed by atoms with Crippen molar-refractivity contribution in [2.24, 2.45) is 0 Å². The summed E-state index contributed by atoms with van der Waals surface area (Å²) in [5.74, 6) is 0.790. The summed E-state index contributed by atoms with van der Waals surface area (Å²) >= 11 is 0. The molecule has 0 aliphatic rings. The number of carbonyl (C=O) groups excluding carboxylic acids is 1. The third kappa shape index (κ3) is 4.86. The maximum Gasteiger partial charge on any atom is 0.251 e. The Morgan fingerprint density at radius 1 is 1.03 bits per heavy atom. The summed E-state index contributed by atoms with van der Waals surface area (Å²) in [6, 6.07) is 13.6. The van der Waals surface area contributed by atoms with Crippen LogP contribution in [-0.4, -0.2) is 39.4 Å². The molecule has 32 heavy (non-hydrogen) atoms. The number of carbonyl (C=O) groups is 1. The Labute approximate surface area is 194 Å². The SMILES string of the molecule is CNC(=O)c1ccnc2c([C@H](C)CNc3cc(-c4ccnc(C)c4)ncn3)cccc12.S. The Balaban J connectivity index is 0.00000289. The van der Waals surface area contributed by atoms with Gasteiger partial charge in [0.05, 0.1) is 16.8 Å². The monoisotopic (exact) mass is 446 g/mol. The fraction of sp³-hybridized carbons (Fsp3) is 0.208. The molecule has 164 valence electrons. The molecule has 1 atom stereocenters. The molecule has 3 aromatic heterocycles. The Hall–Kier alpha value is -3.52. The standard InChI is InChI=1S/C24H24N6O.H2S/c1-15(18-5-4-6-19-20(24(31)25-3)8-10-27-23(18)19)13-28-22-12-21(29-14-30-22)17-7-9-26-16(2)11-17;/h4-12,14-15H,13H2,1-3H3,(H,25,31)(H,28,29,30);1H2/t15-;/m1./s1. The lowest BCUT2D eigenvalue weighted by atomic mass is 9.96. The molecule has 0 saturated heterocycles. The molecule has 0 unspecified atom stereocenters. The highest BCUT2D eigenvalue weighted by molar-refractivity contribution is 7.59. The van der Waals surface area contributed by atoms with E-state index in [-0.39, 0.29) is 25.3 Å². The van der Waals surface area contributed by atoms with Gasteiger partial charge in [0.25, 0.3) is 5.91 Å². The Morgan fingerprint density at radius 2 is 1.84 bits per heavy atom. The highest BCUT2D eigenvalue weighted by Gasteiger charge is 2.15. The Morgan fingerprint density at radius 3 is 2.62 bits per heavy atom. The maximum absolute atomic E-state index is 12.2. The summed E-state index contributed by atoms with van der Waals surface area (Å²) in [7, 11) is 1.63. The van der Waals surface area contributed by atoms with Crippen LogP contribution in [0.3, 0.4) is 0 Å². The highest BCUT2D eigenvalue weighted by Crippen LogP contribution is 2.27. The van der Waals surface area contributed by atoms with E-state index < -0.39 is 0 Å². The van der Waals surface area contributed by atoms with Crippen LogP contribution in [0.15, 0.2) is 61.2 Å². The fourth-order valence-electron chi connectivity index (χ4n) is 3.61. The van der Waals surface area contributed by atoms with Crippen molar-refractivity contribution in [2.75, 3.05) is 18.9 Å². The molecule has 0 saturated carbocycles. The second kappa shape index (κ2) is 10.2. The summed E-state index contributed by atoms with van der Waals surface area (Å²) in [6.45, 7) is 4.75. The number of aromatic nitrogens is 4. The lowest BCUT2D eigenvalue weighted by Crippen LogP contribution is -2.18. The van der Waals surface area contributed by atoms with Gasteiger partial charge in [-0.15, -0.1) is 0 Å². The van der Waals surface area contributed by atoms with Gasteiger partial charge in [0, 0.05) is 54.6 Å². The highest BCUT2D eigenvalue weighted by atomic mass is 32.1. The smallest absolute Gasteiger partial charge is 0.251 e. The van der Waals surface area contributed by atoms with E-state index in [0.29, 0.717) is 12.1 Å². The molecule has 4 aromatic rings. The predicted molar refractivity (Wildman–Crippen MR) is 132 cm³/mol. The van der Waals surface area contributed by atoms with Gasteiger partial charge in [0.1, 0.15) is 12.1 Å². The molecule has 0 radical (unpaired) electrons. The summed E-state index contributed by atoms with van der Waals surface area (Å²) < 4.78 is 0. The normalized spacial score (nSPS) is 11.5. The van der Waals surface area contributed by atoms with Crippen LogP contribution in [-0.2, 0) is 0 Å². The topological polar surface area (TPSA) is 92.7 Å². The van der Waals surface area contributed by atoms with Crippen LogP contribution >= 0.6 is 13.5 Å². The third-order valence-corrected chi connectivity index (χ3v) is 5.25. The van der Waals surface area contributed by atoms with Gasteiger partial charge in [-0.2, -0.15) is 13.5 Å². The summed E-state index contributed by atoms with van der Waals surface area (Å²) in [4.78, 5) is 29.8. The van der Waals surface area contributed by atoms with Crippen molar-refractivity contribution >= 4 is 36.1 Å². The van der Waals surface area contributed by atoms with Gasteiger partial charge in [0.15, 0.2) is 0 Å². The molecule has 0 fully saturated rings. The molecule has 1 amide bonds. The van der Waals surface area contributed by atoms with Gasteiger partial charge in [-0.25, -0.2) is 9.97 Å². The number of anilines is 1. The van der Waals surface area contributed by atoms with Crippen LogP contribution in [0.4, 0.5) is 5.82 Å². The average molecular weight is 447 g/mol. The fourth-order valence-corrected chi connectivity index (χ4v) is 3.61. The van der Waals surface area contributed by atoms with Crippen molar-refractivity contribution in [1.82, 2.24) is 25.3 Å². The number of hydrogen-bond acceptors (Lipinski definition) is 6.